The van der Waals surface area contributed by atoms with Crippen molar-refractivity contribution in [3.8, 4) is 0 Å². The van der Waals surface area contributed by atoms with Gasteiger partial charge in [0.1, 0.15) is 12.1 Å². The number of hydrogen-bond donors (Lipinski definition) is 5. The van der Waals surface area contributed by atoms with E-state index in [4.69, 9.17) is 15.9 Å². The molecule has 0 aliphatic rings. The normalized spacial score (nSPS) is 14.5. The Balaban J connectivity index is 4.90. The first-order chi connectivity index (χ1) is 11.1. The lowest BCUT2D eigenvalue weighted by Gasteiger charge is -2.25. The highest BCUT2D eigenvalue weighted by molar-refractivity contribution is 7.98. The molecule has 0 aliphatic heterocycles. The van der Waals surface area contributed by atoms with Gasteiger partial charge in [-0.05, 0) is 24.3 Å². The second-order valence-electron chi connectivity index (χ2n) is 5.62. The summed E-state index contributed by atoms with van der Waals surface area (Å²) < 4.78 is 0. The quantitative estimate of drug-likeness (QED) is 0.321. The molecule has 0 rings (SSSR count). The van der Waals surface area contributed by atoms with Crippen LogP contribution in [-0.2, 0) is 19.2 Å². The van der Waals surface area contributed by atoms with Crippen LogP contribution in [-0.4, -0.2) is 64.1 Å². The Kier molecular flexibility index (Phi) is 10.0. The average Bonchev–Trinajstić information content (AvgIpc) is 2.46. The molecule has 10 heteroatoms. The molecule has 9 nitrogen and oxygen atoms in total. The maximum absolute atomic E-state index is 12.3. The lowest BCUT2D eigenvalue weighted by molar-refractivity contribution is -0.143. The zero-order chi connectivity index (χ0) is 18.9. The van der Waals surface area contributed by atoms with Gasteiger partial charge in [0.15, 0.2) is 0 Å². The van der Waals surface area contributed by atoms with Crippen molar-refractivity contribution in [3.63, 3.8) is 0 Å². The van der Waals surface area contributed by atoms with Crippen LogP contribution in [0.15, 0.2) is 0 Å². The molecule has 6 N–H and O–H groups in total. The number of carboxylic acids is 2. The minimum Gasteiger partial charge on any atom is -0.481 e. The number of aliphatic carboxylic acids is 2. The van der Waals surface area contributed by atoms with Crippen molar-refractivity contribution in [3.05, 3.63) is 0 Å². The van der Waals surface area contributed by atoms with Gasteiger partial charge in [-0.15, -0.1) is 0 Å². The van der Waals surface area contributed by atoms with Crippen LogP contribution in [0.2, 0.25) is 0 Å². The van der Waals surface area contributed by atoms with E-state index in [-0.39, 0.29) is 12.3 Å². The summed E-state index contributed by atoms with van der Waals surface area (Å²) in [6.07, 6.45) is 1.50. The van der Waals surface area contributed by atoms with Crippen molar-refractivity contribution in [1.29, 1.82) is 0 Å². The number of carboxylic acid groups (broad SMARTS) is 2. The van der Waals surface area contributed by atoms with Crippen LogP contribution in [0.5, 0.6) is 0 Å². The summed E-state index contributed by atoms with van der Waals surface area (Å²) in [4.78, 5) is 46.0. The summed E-state index contributed by atoms with van der Waals surface area (Å²) in [6, 6.07) is -3.35. The molecule has 0 aliphatic carbocycles. The van der Waals surface area contributed by atoms with Gasteiger partial charge < -0.3 is 26.6 Å². The van der Waals surface area contributed by atoms with Crippen LogP contribution in [0.3, 0.4) is 0 Å². The van der Waals surface area contributed by atoms with Gasteiger partial charge in [-0.3, -0.25) is 14.4 Å². The molecule has 0 aromatic heterocycles. The Bertz CT molecular complexity index is 471. The molecule has 138 valence electrons. The van der Waals surface area contributed by atoms with Crippen molar-refractivity contribution >= 4 is 35.5 Å². The van der Waals surface area contributed by atoms with E-state index in [9.17, 15) is 19.2 Å². The largest absolute Gasteiger partial charge is 0.481 e. The Morgan fingerprint density at radius 3 is 2.08 bits per heavy atom. The lowest BCUT2D eigenvalue weighted by atomic mass is 10.0. The van der Waals surface area contributed by atoms with E-state index in [0.29, 0.717) is 5.75 Å². The number of nitrogens with two attached hydrogens (primary N) is 1. The number of amides is 2. The Labute approximate surface area is 144 Å². The van der Waals surface area contributed by atoms with Gasteiger partial charge in [-0.2, -0.15) is 11.8 Å². The van der Waals surface area contributed by atoms with Gasteiger partial charge in [0.05, 0.1) is 12.5 Å². The van der Waals surface area contributed by atoms with Crippen molar-refractivity contribution < 1.29 is 29.4 Å². The van der Waals surface area contributed by atoms with E-state index in [2.05, 4.69) is 10.6 Å². The Morgan fingerprint density at radius 2 is 1.67 bits per heavy atom. The topological polar surface area (TPSA) is 159 Å². The summed E-state index contributed by atoms with van der Waals surface area (Å²) >= 11 is 1.45. The molecule has 2 amide bonds. The molecule has 0 saturated carbocycles. The molecule has 3 atom stereocenters. The van der Waals surface area contributed by atoms with Crippen molar-refractivity contribution in [2.45, 2.75) is 44.8 Å². The molecule has 0 spiro atoms. The Morgan fingerprint density at radius 1 is 1.08 bits per heavy atom. The molecule has 0 heterocycles. The van der Waals surface area contributed by atoms with E-state index < -0.39 is 48.3 Å². The summed E-state index contributed by atoms with van der Waals surface area (Å²) in [5.74, 6) is -3.59. The number of nitrogens with one attached hydrogen (secondary N) is 2. The fourth-order valence-corrected chi connectivity index (χ4v) is 2.30. The number of rotatable bonds is 11. The van der Waals surface area contributed by atoms with Gasteiger partial charge >= 0.3 is 11.9 Å². The highest BCUT2D eigenvalue weighted by Gasteiger charge is 2.30. The lowest BCUT2D eigenvalue weighted by Crippen LogP contribution is -2.56. The summed E-state index contributed by atoms with van der Waals surface area (Å²) in [5, 5.41) is 22.6. The first-order valence-corrected chi connectivity index (χ1v) is 8.79. The summed E-state index contributed by atoms with van der Waals surface area (Å²) in [7, 11) is 0. The van der Waals surface area contributed by atoms with E-state index in [1.54, 1.807) is 13.8 Å². The van der Waals surface area contributed by atoms with E-state index in [1.165, 1.54) is 11.8 Å². The number of hydrogen-bond acceptors (Lipinski definition) is 6. The van der Waals surface area contributed by atoms with Crippen LogP contribution >= 0.6 is 11.8 Å². The van der Waals surface area contributed by atoms with Gasteiger partial charge in [0, 0.05) is 0 Å². The third kappa shape index (κ3) is 8.16. The maximum atomic E-state index is 12.3. The molecule has 0 aromatic carbocycles. The minimum atomic E-state index is -1.29. The zero-order valence-electron chi connectivity index (χ0n) is 13.9. The van der Waals surface area contributed by atoms with Crippen LogP contribution in [0.1, 0.15) is 26.7 Å². The molecular formula is C14H25N3O6S. The average molecular weight is 363 g/mol. The highest BCUT2D eigenvalue weighted by Crippen LogP contribution is 2.06. The van der Waals surface area contributed by atoms with Gasteiger partial charge in [0.2, 0.25) is 11.8 Å². The standard InChI is InChI=1S/C14H25N3O6S/c1-7(2)11(17-12(20)8(15)6-10(18)19)13(21)16-9(14(22)23)4-5-24-3/h7-9,11H,4-6,15H2,1-3H3,(H,16,21)(H,17,20)(H,18,19)(H,22,23). The van der Waals surface area contributed by atoms with Crippen molar-refractivity contribution in [2.75, 3.05) is 12.0 Å². The molecule has 0 fully saturated rings. The summed E-state index contributed by atoms with van der Waals surface area (Å²) in [6.45, 7) is 3.34. The molecule has 0 saturated heterocycles. The van der Waals surface area contributed by atoms with E-state index in [0.717, 1.165) is 0 Å². The molecule has 0 aromatic rings. The second-order valence-corrected chi connectivity index (χ2v) is 6.60. The van der Waals surface area contributed by atoms with Gasteiger partial charge in [0.25, 0.3) is 0 Å². The predicted molar refractivity (Wildman–Crippen MR) is 89.6 cm³/mol. The third-order valence-electron chi connectivity index (χ3n) is 3.20. The predicted octanol–water partition coefficient (Wildman–Crippen LogP) is -0.748. The maximum Gasteiger partial charge on any atom is 0.326 e. The summed E-state index contributed by atoms with van der Waals surface area (Å²) in [5.41, 5.74) is 5.46. The fourth-order valence-electron chi connectivity index (χ4n) is 1.83. The smallest absolute Gasteiger partial charge is 0.326 e. The zero-order valence-corrected chi connectivity index (χ0v) is 14.8. The SMILES string of the molecule is CSCCC(NC(=O)C(NC(=O)C(N)CC(=O)O)C(C)C)C(=O)O. The Hall–Kier alpha value is -1.81. The molecule has 24 heavy (non-hydrogen) atoms. The van der Waals surface area contributed by atoms with Crippen LogP contribution < -0.4 is 16.4 Å². The molecule has 3 unspecified atom stereocenters. The number of carbonyl (C=O) groups excluding carboxylic acids is 2. The first-order valence-electron chi connectivity index (χ1n) is 7.40. The molecule has 0 radical (unpaired) electrons. The van der Waals surface area contributed by atoms with Crippen LogP contribution in [0.4, 0.5) is 0 Å². The molecular weight excluding hydrogens is 338 g/mol. The van der Waals surface area contributed by atoms with Crippen molar-refractivity contribution in [2.24, 2.45) is 11.7 Å². The number of thioether (sulfide) groups is 1. The second kappa shape index (κ2) is 10.9. The monoisotopic (exact) mass is 363 g/mol. The van der Waals surface area contributed by atoms with Gasteiger partial charge in [-0.1, -0.05) is 13.8 Å². The van der Waals surface area contributed by atoms with E-state index in [1.807, 2.05) is 6.26 Å². The third-order valence-corrected chi connectivity index (χ3v) is 3.85. The number of carbonyl (C=O) groups is 4. The highest BCUT2D eigenvalue weighted by atomic mass is 32.2. The minimum absolute atomic E-state index is 0.250. The van der Waals surface area contributed by atoms with Gasteiger partial charge in [-0.25, -0.2) is 4.79 Å². The van der Waals surface area contributed by atoms with Crippen molar-refractivity contribution in [1.82, 2.24) is 10.6 Å². The first kappa shape index (κ1) is 22.2. The van der Waals surface area contributed by atoms with Crippen LogP contribution in [0.25, 0.3) is 0 Å². The fraction of sp³-hybridized carbons (Fsp3) is 0.714. The molecule has 0 bridgehead atoms. The van der Waals surface area contributed by atoms with Crippen LogP contribution in [0, 0.1) is 5.92 Å². The van der Waals surface area contributed by atoms with E-state index >= 15 is 0 Å².